The van der Waals surface area contributed by atoms with E-state index in [0.29, 0.717) is 38.2 Å². The molecule has 0 radical (unpaired) electrons. The molecule has 0 aliphatic carbocycles. The molecule has 3 aliphatic rings. The number of likely N-dealkylation sites (N-methyl/N-ethyl adjacent to an activating group) is 1. The van der Waals surface area contributed by atoms with Crippen LogP contribution in [-0.4, -0.2) is 59.4 Å². The number of piperidine rings is 2. The molecule has 1 N–H and O–H groups in total. The fourth-order valence-electron chi connectivity index (χ4n) is 4.86. The smallest absolute Gasteiger partial charge is 0.270 e. The number of amides is 3. The minimum atomic E-state index is -0.141. The lowest BCUT2D eigenvalue weighted by molar-refractivity contribution is -0.143. The van der Waals surface area contributed by atoms with Crippen molar-refractivity contribution in [2.45, 2.75) is 44.9 Å². The summed E-state index contributed by atoms with van der Waals surface area (Å²) in [4.78, 5) is 40.9. The molecule has 3 amide bonds. The minimum absolute atomic E-state index is 0.0454. The van der Waals surface area contributed by atoms with Crippen LogP contribution in [0.5, 0.6) is 0 Å². The molecule has 1 aromatic rings. The highest BCUT2D eigenvalue weighted by Crippen LogP contribution is 2.45. The van der Waals surface area contributed by atoms with E-state index in [-0.39, 0.29) is 29.1 Å². The van der Waals surface area contributed by atoms with Crippen LogP contribution < -0.4 is 5.43 Å². The van der Waals surface area contributed by atoms with E-state index >= 15 is 0 Å². The van der Waals surface area contributed by atoms with Crippen LogP contribution in [0.1, 0.15) is 50.5 Å². The number of benzene rings is 1. The lowest BCUT2D eigenvalue weighted by Gasteiger charge is -2.49. The molecule has 0 bridgehead atoms. The SMILES string of the molecule is CCN1CC2(CCN(C(=O)C3=NNC(=O)CC3)CC2)C[C@@H](c2ccccc2)C1=O. The summed E-state index contributed by atoms with van der Waals surface area (Å²) >= 11 is 0. The third-order valence-electron chi connectivity index (χ3n) is 6.62. The second-order valence-electron chi connectivity index (χ2n) is 8.41. The zero-order valence-electron chi connectivity index (χ0n) is 16.9. The van der Waals surface area contributed by atoms with Crippen molar-refractivity contribution >= 4 is 23.4 Å². The Morgan fingerprint density at radius 1 is 1.17 bits per heavy atom. The van der Waals surface area contributed by atoms with E-state index in [1.807, 2.05) is 47.1 Å². The monoisotopic (exact) mass is 396 g/mol. The van der Waals surface area contributed by atoms with Crippen molar-refractivity contribution in [3.05, 3.63) is 35.9 Å². The summed E-state index contributed by atoms with van der Waals surface area (Å²) in [7, 11) is 0. The van der Waals surface area contributed by atoms with Crippen LogP contribution in [0.2, 0.25) is 0 Å². The zero-order chi connectivity index (χ0) is 20.4. The van der Waals surface area contributed by atoms with Gasteiger partial charge in [0.1, 0.15) is 5.71 Å². The summed E-state index contributed by atoms with van der Waals surface area (Å²) in [5.41, 5.74) is 3.98. The number of nitrogens with zero attached hydrogens (tertiary/aromatic N) is 3. The standard InChI is InChI=1S/C22H28N4O3/c1-2-25-15-22(14-17(20(25)28)16-6-4-3-5-7-16)10-12-26(13-11-22)21(29)18-8-9-19(27)24-23-18/h3-7,17H,2,8-15H2,1H3,(H,24,27)/t17-/m0/s1. The van der Waals surface area contributed by atoms with E-state index in [4.69, 9.17) is 0 Å². The van der Waals surface area contributed by atoms with Crippen molar-refractivity contribution in [3.63, 3.8) is 0 Å². The number of hydrogen-bond donors (Lipinski definition) is 1. The van der Waals surface area contributed by atoms with Crippen molar-refractivity contribution in [1.29, 1.82) is 0 Å². The van der Waals surface area contributed by atoms with Gasteiger partial charge < -0.3 is 9.80 Å². The average Bonchev–Trinajstić information content (AvgIpc) is 2.76. The molecule has 154 valence electrons. The molecule has 2 saturated heterocycles. The van der Waals surface area contributed by atoms with Crippen LogP contribution in [0.3, 0.4) is 0 Å². The first-order valence-electron chi connectivity index (χ1n) is 10.5. The van der Waals surface area contributed by atoms with E-state index in [9.17, 15) is 14.4 Å². The minimum Gasteiger partial charge on any atom is -0.342 e. The predicted octanol–water partition coefficient (Wildman–Crippen LogP) is 1.90. The van der Waals surface area contributed by atoms with Crippen molar-refractivity contribution in [3.8, 4) is 0 Å². The Labute approximate surface area is 171 Å². The van der Waals surface area contributed by atoms with Crippen molar-refractivity contribution in [2.75, 3.05) is 26.2 Å². The Kier molecular flexibility index (Phi) is 5.39. The van der Waals surface area contributed by atoms with Crippen LogP contribution in [0, 0.1) is 5.41 Å². The van der Waals surface area contributed by atoms with Crippen molar-refractivity contribution in [1.82, 2.24) is 15.2 Å². The molecule has 2 fully saturated rings. The number of hydrogen-bond acceptors (Lipinski definition) is 4. The molecule has 29 heavy (non-hydrogen) atoms. The van der Waals surface area contributed by atoms with Gasteiger partial charge in [-0.3, -0.25) is 14.4 Å². The molecule has 4 rings (SSSR count). The van der Waals surface area contributed by atoms with Gasteiger partial charge in [0, 0.05) is 39.0 Å². The van der Waals surface area contributed by atoms with Crippen LogP contribution >= 0.6 is 0 Å². The topological polar surface area (TPSA) is 82.1 Å². The molecule has 0 saturated carbocycles. The molecule has 7 heteroatoms. The molecule has 3 heterocycles. The number of likely N-dealkylation sites (tertiary alicyclic amines) is 2. The number of carbonyl (C=O) groups excluding carboxylic acids is 3. The van der Waals surface area contributed by atoms with Gasteiger partial charge in [0.15, 0.2) is 0 Å². The van der Waals surface area contributed by atoms with Gasteiger partial charge in [-0.25, -0.2) is 5.43 Å². The van der Waals surface area contributed by atoms with Gasteiger partial charge in [-0.05, 0) is 37.2 Å². The van der Waals surface area contributed by atoms with Crippen LogP contribution in [0.4, 0.5) is 0 Å². The first kappa shape index (κ1) is 19.6. The predicted molar refractivity (Wildman–Crippen MR) is 109 cm³/mol. The Bertz CT molecular complexity index is 828. The molecule has 1 spiro atoms. The Morgan fingerprint density at radius 2 is 1.90 bits per heavy atom. The molecular weight excluding hydrogens is 368 g/mol. The Balaban J connectivity index is 1.47. The van der Waals surface area contributed by atoms with Gasteiger partial charge in [-0.1, -0.05) is 30.3 Å². The van der Waals surface area contributed by atoms with E-state index < -0.39 is 0 Å². The summed E-state index contributed by atoms with van der Waals surface area (Å²) < 4.78 is 0. The summed E-state index contributed by atoms with van der Waals surface area (Å²) in [6, 6.07) is 10.0. The first-order chi connectivity index (χ1) is 14.0. The maximum Gasteiger partial charge on any atom is 0.270 e. The average molecular weight is 396 g/mol. The van der Waals surface area contributed by atoms with E-state index in [1.54, 1.807) is 0 Å². The van der Waals surface area contributed by atoms with Gasteiger partial charge in [0.25, 0.3) is 5.91 Å². The number of nitrogens with one attached hydrogen (secondary N) is 1. The third kappa shape index (κ3) is 3.91. The van der Waals surface area contributed by atoms with E-state index in [1.165, 1.54) is 0 Å². The maximum atomic E-state index is 13.0. The van der Waals surface area contributed by atoms with Crippen LogP contribution in [0.15, 0.2) is 35.4 Å². The molecule has 0 unspecified atom stereocenters. The summed E-state index contributed by atoms with van der Waals surface area (Å²) in [5.74, 6) is -0.100. The maximum absolute atomic E-state index is 13.0. The fourth-order valence-corrected chi connectivity index (χ4v) is 4.86. The normalized spacial score (nSPS) is 24.3. The lowest BCUT2D eigenvalue weighted by Crippen LogP contribution is -2.55. The summed E-state index contributed by atoms with van der Waals surface area (Å²) in [5, 5.41) is 3.95. The Hall–Kier alpha value is -2.70. The number of rotatable bonds is 3. The number of carbonyl (C=O) groups is 3. The zero-order valence-corrected chi connectivity index (χ0v) is 16.9. The molecule has 0 aromatic heterocycles. The van der Waals surface area contributed by atoms with Gasteiger partial charge in [0.2, 0.25) is 11.8 Å². The highest BCUT2D eigenvalue weighted by molar-refractivity contribution is 6.39. The van der Waals surface area contributed by atoms with Crippen LogP contribution in [-0.2, 0) is 14.4 Å². The lowest BCUT2D eigenvalue weighted by atomic mass is 9.67. The highest BCUT2D eigenvalue weighted by Gasteiger charge is 2.46. The summed E-state index contributed by atoms with van der Waals surface area (Å²) in [6.07, 6.45) is 3.32. The molecule has 1 atom stereocenters. The van der Waals surface area contributed by atoms with E-state index in [2.05, 4.69) is 10.5 Å². The quantitative estimate of drug-likeness (QED) is 0.847. The van der Waals surface area contributed by atoms with Gasteiger partial charge in [0.05, 0.1) is 5.92 Å². The van der Waals surface area contributed by atoms with Crippen LogP contribution in [0.25, 0.3) is 0 Å². The van der Waals surface area contributed by atoms with Crippen molar-refractivity contribution in [2.24, 2.45) is 10.5 Å². The number of hydrazone groups is 1. The highest BCUT2D eigenvalue weighted by atomic mass is 16.2. The fraction of sp³-hybridized carbons (Fsp3) is 0.545. The molecule has 7 nitrogen and oxygen atoms in total. The largest absolute Gasteiger partial charge is 0.342 e. The van der Waals surface area contributed by atoms with Gasteiger partial charge in [-0.2, -0.15) is 5.10 Å². The Morgan fingerprint density at radius 3 is 2.52 bits per heavy atom. The van der Waals surface area contributed by atoms with Gasteiger partial charge in [-0.15, -0.1) is 0 Å². The third-order valence-corrected chi connectivity index (χ3v) is 6.62. The summed E-state index contributed by atoms with van der Waals surface area (Å²) in [6.45, 7) is 4.85. The first-order valence-corrected chi connectivity index (χ1v) is 10.5. The van der Waals surface area contributed by atoms with Crippen molar-refractivity contribution < 1.29 is 14.4 Å². The van der Waals surface area contributed by atoms with Gasteiger partial charge >= 0.3 is 0 Å². The molecular formula is C22H28N4O3. The van der Waals surface area contributed by atoms with E-state index in [0.717, 1.165) is 31.4 Å². The molecule has 3 aliphatic heterocycles. The second-order valence-corrected chi connectivity index (χ2v) is 8.41. The second kappa shape index (κ2) is 7.97. The molecule has 1 aromatic carbocycles.